The van der Waals surface area contributed by atoms with Crippen molar-refractivity contribution in [2.75, 3.05) is 11.9 Å². The molecule has 1 aliphatic heterocycles. The maximum atomic E-state index is 4.82. The van der Waals surface area contributed by atoms with Crippen LogP contribution in [-0.2, 0) is 12.8 Å². The third-order valence-electron chi connectivity index (χ3n) is 4.21. The summed E-state index contributed by atoms with van der Waals surface area (Å²) in [6.07, 6.45) is 3.51. The molecule has 2 heterocycles. The van der Waals surface area contributed by atoms with Gasteiger partial charge in [0.2, 0.25) is 0 Å². The number of hydrogen-bond donors (Lipinski definition) is 2. The van der Waals surface area contributed by atoms with Gasteiger partial charge in [-0.05, 0) is 30.9 Å². The van der Waals surface area contributed by atoms with E-state index in [0.717, 1.165) is 25.2 Å². The molecule has 2 aromatic rings. The number of hydrogen-bond acceptors (Lipinski definition) is 2. The summed E-state index contributed by atoms with van der Waals surface area (Å²) in [4.78, 5) is 8.34. The predicted molar refractivity (Wildman–Crippen MR) is 73.0 cm³/mol. The summed E-state index contributed by atoms with van der Waals surface area (Å²) in [5.74, 6) is 1.65. The van der Waals surface area contributed by atoms with Gasteiger partial charge in [-0.1, -0.05) is 19.1 Å². The van der Waals surface area contributed by atoms with Gasteiger partial charge in [0.15, 0.2) is 0 Å². The molecule has 92 valence electrons. The van der Waals surface area contributed by atoms with E-state index >= 15 is 0 Å². The van der Waals surface area contributed by atoms with Gasteiger partial charge in [0.05, 0.1) is 5.69 Å². The number of anilines is 1. The summed E-state index contributed by atoms with van der Waals surface area (Å²) in [6.45, 7) is 3.31. The number of benzene rings is 1. The molecule has 4 rings (SSSR count). The molecule has 0 saturated carbocycles. The van der Waals surface area contributed by atoms with E-state index in [1.807, 2.05) is 0 Å². The van der Waals surface area contributed by atoms with Crippen molar-refractivity contribution >= 4 is 5.69 Å². The highest BCUT2D eigenvalue weighted by Gasteiger charge is 2.25. The van der Waals surface area contributed by atoms with Gasteiger partial charge in [-0.25, -0.2) is 4.98 Å². The second-order valence-corrected chi connectivity index (χ2v) is 5.41. The lowest BCUT2D eigenvalue weighted by Crippen LogP contribution is -1.95. The Labute approximate surface area is 107 Å². The number of imidazole rings is 1. The van der Waals surface area contributed by atoms with Crippen LogP contribution in [0.2, 0.25) is 0 Å². The van der Waals surface area contributed by atoms with E-state index in [0.29, 0.717) is 5.92 Å². The molecule has 0 fully saturated rings. The average Bonchev–Trinajstić information content (AvgIpc) is 3.06. The van der Waals surface area contributed by atoms with Crippen molar-refractivity contribution in [1.82, 2.24) is 9.97 Å². The van der Waals surface area contributed by atoms with Gasteiger partial charge in [0, 0.05) is 29.4 Å². The molecule has 1 aliphatic carbocycles. The molecule has 1 atom stereocenters. The van der Waals surface area contributed by atoms with E-state index in [1.54, 1.807) is 0 Å². The molecule has 0 bridgehead atoms. The average molecular weight is 239 g/mol. The maximum absolute atomic E-state index is 4.82. The van der Waals surface area contributed by atoms with Crippen LogP contribution in [0.25, 0.3) is 11.4 Å². The first-order valence-corrected chi connectivity index (χ1v) is 6.78. The summed E-state index contributed by atoms with van der Waals surface area (Å²) in [6, 6.07) is 6.51. The summed E-state index contributed by atoms with van der Waals surface area (Å²) in [7, 11) is 0. The SMILES string of the molecule is CC1CCc2[nH]c(-c3cccc4c3NCC4)nc21. The molecule has 2 N–H and O–H groups in total. The molecule has 0 radical (unpaired) electrons. The van der Waals surface area contributed by atoms with Gasteiger partial charge in [-0.15, -0.1) is 0 Å². The fraction of sp³-hybridized carbons (Fsp3) is 0.400. The van der Waals surface area contributed by atoms with E-state index in [1.165, 1.54) is 34.6 Å². The van der Waals surface area contributed by atoms with Gasteiger partial charge < -0.3 is 10.3 Å². The number of rotatable bonds is 1. The van der Waals surface area contributed by atoms with Crippen molar-refractivity contribution in [1.29, 1.82) is 0 Å². The van der Waals surface area contributed by atoms with Gasteiger partial charge in [0.1, 0.15) is 5.82 Å². The van der Waals surface area contributed by atoms with Crippen LogP contribution in [0.15, 0.2) is 18.2 Å². The van der Waals surface area contributed by atoms with E-state index in [9.17, 15) is 0 Å². The number of para-hydroxylation sites is 1. The fourth-order valence-electron chi connectivity index (χ4n) is 3.18. The Morgan fingerprint density at radius 1 is 1.28 bits per heavy atom. The van der Waals surface area contributed by atoms with Crippen LogP contribution in [0.3, 0.4) is 0 Å². The Balaban J connectivity index is 1.85. The molecule has 3 nitrogen and oxygen atoms in total. The zero-order chi connectivity index (χ0) is 12.1. The number of H-pyrrole nitrogens is 1. The van der Waals surface area contributed by atoms with Gasteiger partial charge in [0.25, 0.3) is 0 Å². The topological polar surface area (TPSA) is 40.7 Å². The molecular formula is C15H17N3. The Bertz CT molecular complexity index is 612. The van der Waals surface area contributed by atoms with Gasteiger partial charge >= 0.3 is 0 Å². The monoisotopic (exact) mass is 239 g/mol. The second-order valence-electron chi connectivity index (χ2n) is 5.41. The third-order valence-corrected chi connectivity index (χ3v) is 4.21. The molecule has 2 aliphatic rings. The smallest absolute Gasteiger partial charge is 0.139 e. The Morgan fingerprint density at radius 3 is 3.11 bits per heavy atom. The molecule has 0 amide bonds. The summed E-state index contributed by atoms with van der Waals surface area (Å²) in [5, 5.41) is 3.48. The van der Waals surface area contributed by atoms with Gasteiger partial charge in [-0.2, -0.15) is 0 Å². The standard InChI is InChI=1S/C15H17N3/c1-9-5-6-12-13(9)18-15(17-12)11-4-2-3-10-7-8-16-14(10)11/h2-4,9,16H,5-8H2,1H3,(H,17,18). The molecular weight excluding hydrogens is 222 g/mol. The first kappa shape index (κ1) is 10.2. The molecule has 1 unspecified atom stereocenters. The zero-order valence-electron chi connectivity index (χ0n) is 10.6. The number of fused-ring (bicyclic) bond motifs is 2. The number of nitrogens with zero attached hydrogens (tertiary/aromatic N) is 1. The Morgan fingerprint density at radius 2 is 2.22 bits per heavy atom. The normalized spacial score (nSPS) is 20.6. The van der Waals surface area contributed by atoms with Crippen molar-refractivity contribution < 1.29 is 0 Å². The lowest BCUT2D eigenvalue weighted by molar-refractivity contribution is 0.726. The van der Waals surface area contributed by atoms with E-state index in [-0.39, 0.29) is 0 Å². The molecule has 1 aromatic heterocycles. The van der Waals surface area contributed by atoms with Crippen LogP contribution >= 0.6 is 0 Å². The number of aromatic nitrogens is 2. The summed E-state index contributed by atoms with van der Waals surface area (Å²) < 4.78 is 0. The van der Waals surface area contributed by atoms with Crippen molar-refractivity contribution in [3.05, 3.63) is 35.2 Å². The molecule has 1 aromatic carbocycles. The van der Waals surface area contributed by atoms with Crippen molar-refractivity contribution in [3.63, 3.8) is 0 Å². The summed E-state index contributed by atoms with van der Waals surface area (Å²) in [5.41, 5.74) is 6.54. The minimum absolute atomic E-state index is 0.606. The minimum Gasteiger partial charge on any atom is -0.384 e. The van der Waals surface area contributed by atoms with Crippen LogP contribution in [-0.4, -0.2) is 16.5 Å². The lowest BCUT2D eigenvalue weighted by Gasteiger charge is -2.06. The van der Waals surface area contributed by atoms with E-state index in [2.05, 4.69) is 35.4 Å². The molecule has 18 heavy (non-hydrogen) atoms. The first-order chi connectivity index (χ1) is 8.83. The van der Waals surface area contributed by atoms with Crippen LogP contribution in [0, 0.1) is 0 Å². The highest BCUT2D eigenvalue weighted by atomic mass is 15.0. The molecule has 0 saturated heterocycles. The molecule has 3 heteroatoms. The van der Waals surface area contributed by atoms with Crippen LogP contribution in [0.4, 0.5) is 5.69 Å². The fourth-order valence-corrected chi connectivity index (χ4v) is 3.18. The lowest BCUT2D eigenvalue weighted by atomic mass is 10.1. The largest absolute Gasteiger partial charge is 0.384 e. The van der Waals surface area contributed by atoms with Crippen molar-refractivity contribution in [2.45, 2.75) is 32.1 Å². The summed E-state index contributed by atoms with van der Waals surface area (Å²) >= 11 is 0. The predicted octanol–water partition coefficient (Wildman–Crippen LogP) is 3.09. The molecule has 0 spiro atoms. The van der Waals surface area contributed by atoms with Crippen LogP contribution in [0.5, 0.6) is 0 Å². The Kier molecular flexibility index (Phi) is 2.04. The van der Waals surface area contributed by atoms with Gasteiger partial charge in [-0.3, -0.25) is 0 Å². The minimum atomic E-state index is 0.606. The quantitative estimate of drug-likeness (QED) is 0.803. The number of nitrogens with one attached hydrogen (secondary N) is 2. The number of aromatic amines is 1. The number of aryl methyl sites for hydroxylation is 1. The first-order valence-electron chi connectivity index (χ1n) is 6.78. The van der Waals surface area contributed by atoms with E-state index in [4.69, 9.17) is 4.98 Å². The third kappa shape index (κ3) is 1.33. The van der Waals surface area contributed by atoms with Crippen LogP contribution in [0.1, 0.15) is 36.2 Å². The highest BCUT2D eigenvalue weighted by Crippen LogP contribution is 2.37. The van der Waals surface area contributed by atoms with E-state index < -0.39 is 0 Å². The van der Waals surface area contributed by atoms with Crippen molar-refractivity contribution in [2.24, 2.45) is 0 Å². The van der Waals surface area contributed by atoms with Crippen LogP contribution < -0.4 is 5.32 Å². The second kappa shape index (κ2) is 3.61. The zero-order valence-corrected chi connectivity index (χ0v) is 10.6. The highest BCUT2D eigenvalue weighted by molar-refractivity contribution is 5.78. The van der Waals surface area contributed by atoms with Crippen molar-refractivity contribution in [3.8, 4) is 11.4 Å². The maximum Gasteiger partial charge on any atom is 0.139 e. The Hall–Kier alpha value is -1.77.